The van der Waals surface area contributed by atoms with Crippen LogP contribution in [0.2, 0.25) is 0 Å². The van der Waals surface area contributed by atoms with E-state index in [0.717, 1.165) is 0 Å². The number of hydrogen-bond acceptors (Lipinski definition) is 3. The minimum atomic E-state index is -0.458. The molecule has 0 N–H and O–H groups in total. The van der Waals surface area contributed by atoms with Gasteiger partial charge in [0.2, 0.25) is 0 Å². The summed E-state index contributed by atoms with van der Waals surface area (Å²) in [7, 11) is 1.49. The van der Waals surface area contributed by atoms with Crippen LogP contribution in [0.1, 0.15) is 6.92 Å². The van der Waals surface area contributed by atoms with Crippen LogP contribution in [0.4, 0.5) is 0 Å². The highest BCUT2D eigenvalue weighted by Gasteiger charge is 2.45. The molecule has 0 bridgehead atoms. The maximum Gasteiger partial charge on any atom is 0.255 e. The normalized spacial score (nSPS) is 25.5. The number of carbonyl (C=O) groups is 2. The van der Waals surface area contributed by atoms with Crippen molar-refractivity contribution in [3.05, 3.63) is 24.8 Å². The third-order valence-electron chi connectivity index (χ3n) is 2.30. The Balaban J connectivity index is 2.69. The van der Waals surface area contributed by atoms with Crippen LogP contribution >= 0.6 is 0 Å². The van der Waals surface area contributed by atoms with Gasteiger partial charge in [-0.1, -0.05) is 12.2 Å². The van der Waals surface area contributed by atoms with Crippen LogP contribution < -0.4 is 0 Å². The first kappa shape index (κ1) is 11.7. The van der Waals surface area contributed by atoms with E-state index in [1.54, 1.807) is 17.1 Å². The van der Waals surface area contributed by atoms with Crippen molar-refractivity contribution in [1.82, 2.24) is 4.90 Å². The third-order valence-corrected chi connectivity index (χ3v) is 2.30. The maximum atomic E-state index is 11.5. The van der Waals surface area contributed by atoms with Crippen LogP contribution in [0, 0.1) is 0 Å². The van der Waals surface area contributed by atoms with E-state index in [2.05, 4.69) is 6.58 Å². The fraction of sp³-hybridized carbons (Fsp3) is 0.455. The Morgan fingerprint density at radius 1 is 1.67 bits per heavy atom. The van der Waals surface area contributed by atoms with Crippen LogP contribution in [-0.2, 0) is 14.3 Å². The van der Waals surface area contributed by atoms with E-state index in [1.165, 1.54) is 20.1 Å². The van der Waals surface area contributed by atoms with Crippen LogP contribution in [0.15, 0.2) is 24.8 Å². The number of ether oxygens (including phenoxy) is 1. The molecule has 1 heterocycles. The number of amides is 1. The van der Waals surface area contributed by atoms with E-state index in [0.29, 0.717) is 6.54 Å². The van der Waals surface area contributed by atoms with Gasteiger partial charge in [-0.2, -0.15) is 0 Å². The molecule has 0 aliphatic carbocycles. The Morgan fingerprint density at radius 2 is 2.33 bits per heavy atom. The number of β-lactam (4-membered cyclic amide) rings is 1. The SMILES string of the molecule is C=CCN1C(=O)[C@H](OC)[C@@H]1/C=C/C(C)=O. The Kier molecular flexibility index (Phi) is 3.80. The molecule has 0 saturated carbocycles. The summed E-state index contributed by atoms with van der Waals surface area (Å²) in [4.78, 5) is 23.9. The molecule has 1 fully saturated rings. The first-order valence-corrected chi connectivity index (χ1v) is 4.74. The number of methoxy groups -OCH3 is 1. The summed E-state index contributed by atoms with van der Waals surface area (Å²) in [5, 5.41) is 0. The molecule has 0 unspecified atom stereocenters. The van der Waals surface area contributed by atoms with Gasteiger partial charge >= 0.3 is 0 Å². The molecule has 1 aliphatic rings. The zero-order valence-electron chi connectivity index (χ0n) is 8.97. The minimum Gasteiger partial charge on any atom is -0.369 e. The molecule has 2 atom stereocenters. The molecule has 0 aromatic carbocycles. The monoisotopic (exact) mass is 209 g/mol. The van der Waals surface area contributed by atoms with Gasteiger partial charge in [0.05, 0.1) is 6.04 Å². The van der Waals surface area contributed by atoms with Crippen molar-refractivity contribution < 1.29 is 14.3 Å². The van der Waals surface area contributed by atoms with Crippen LogP contribution in [0.3, 0.4) is 0 Å². The topological polar surface area (TPSA) is 46.6 Å². The van der Waals surface area contributed by atoms with Gasteiger partial charge in [-0.3, -0.25) is 9.59 Å². The average molecular weight is 209 g/mol. The predicted octanol–water partition coefficient (Wildman–Crippen LogP) is 0.543. The average Bonchev–Trinajstić information content (AvgIpc) is 2.20. The Labute approximate surface area is 89.2 Å². The first-order chi connectivity index (χ1) is 7.11. The Bertz CT molecular complexity index is 309. The predicted molar refractivity (Wildman–Crippen MR) is 56.3 cm³/mol. The quantitative estimate of drug-likeness (QED) is 0.377. The summed E-state index contributed by atoms with van der Waals surface area (Å²) >= 11 is 0. The van der Waals surface area contributed by atoms with Gasteiger partial charge in [0.25, 0.3) is 5.91 Å². The van der Waals surface area contributed by atoms with Crippen molar-refractivity contribution in [3.8, 4) is 0 Å². The number of carbonyl (C=O) groups excluding carboxylic acids is 2. The summed E-state index contributed by atoms with van der Waals surface area (Å²) in [5.74, 6) is -0.0987. The number of hydrogen-bond donors (Lipinski definition) is 0. The molecule has 15 heavy (non-hydrogen) atoms. The molecule has 1 aliphatic heterocycles. The zero-order chi connectivity index (χ0) is 11.4. The molecule has 0 aromatic heterocycles. The second kappa shape index (κ2) is 4.89. The van der Waals surface area contributed by atoms with Gasteiger partial charge in [-0.25, -0.2) is 0 Å². The molecular formula is C11H15NO3. The van der Waals surface area contributed by atoms with Gasteiger partial charge in [-0.15, -0.1) is 6.58 Å². The number of nitrogens with zero attached hydrogens (tertiary/aromatic N) is 1. The van der Waals surface area contributed by atoms with Gasteiger partial charge in [0.1, 0.15) is 0 Å². The standard InChI is InChI=1S/C11H15NO3/c1-4-7-12-9(6-5-8(2)13)10(15-3)11(12)14/h4-6,9-10H,1,7H2,2-3H3/b6-5+/t9-,10+/m0/s1. The highest BCUT2D eigenvalue weighted by molar-refractivity contribution is 5.91. The van der Waals surface area contributed by atoms with E-state index in [9.17, 15) is 9.59 Å². The van der Waals surface area contributed by atoms with E-state index in [1.807, 2.05) is 0 Å². The smallest absolute Gasteiger partial charge is 0.255 e. The lowest BCUT2D eigenvalue weighted by molar-refractivity contribution is -0.164. The minimum absolute atomic E-state index is 0.0391. The van der Waals surface area contributed by atoms with Crippen molar-refractivity contribution >= 4 is 11.7 Å². The third kappa shape index (κ3) is 2.33. The van der Waals surface area contributed by atoms with Gasteiger partial charge in [0.15, 0.2) is 11.9 Å². The molecule has 1 rings (SSSR count). The Morgan fingerprint density at radius 3 is 2.80 bits per heavy atom. The summed E-state index contributed by atoms with van der Waals surface area (Å²) < 4.78 is 5.03. The summed E-state index contributed by atoms with van der Waals surface area (Å²) in [5.41, 5.74) is 0. The lowest BCUT2D eigenvalue weighted by Crippen LogP contribution is -2.64. The number of likely N-dealkylation sites (tertiary alicyclic amines) is 1. The molecule has 0 radical (unpaired) electrons. The molecule has 0 aromatic rings. The summed E-state index contributed by atoms with van der Waals surface area (Å²) in [6.45, 7) is 5.52. The molecular weight excluding hydrogens is 194 g/mol. The fourth-order valence-electron chi connectivity index (χ4n) is 1.57. The zero-order valence-corrected chi connectivity index (χ0v) is 8.97. The van der Waals surface area contributed by atoms with Crippen molar-refractivity contribution in [1.29, 1.82) is 0 Å². The van der Waals surface area contributed by atoms with Crippen LogP contribution in [-0.4, -0.2) is 42.4 Å². The van der Waals surface area contributed by atoms with Gasteiger partial charge in [-0.05, 0) is 13.0 Å². The van der Waals surface area contributed by atoms with E-state index in [4.69, 9.17) is 4.74 Å². The van der Waals surface area contributed by atoms with E-state index < -0.39 is 6.10 Å². The lowest BCUT2D eigenvalue weighted by atomic mass is 9.97. The highest BCUT2D eigenvalue weighted by Crippen LogP contribution is 2.23. The second-order valence-corrected chi connectivity index (χ2v) is 3.40. The second-order valence-electron chi connectivity index (χ2n) is 3.40. The number of ketones is 1. The van der Waals surface area contributed by atoms with Crippen molar-refractivity contribution in [2.45, 2.75) is 19.1 Å². The van der Waals surface area contributed by atoms with Crippen molar-refractivity contribution in [3.63, 3.8) is 0 Å². The molecule has 82 valence electrons. The summed E-state index contributed by atoms with van der Waals surface area (Å²) in [6, 6.07) is -0.149. The van der Waals surface area contributed by atoms with Crippen molar-refractivity contribution in [2.24, 2.45) is 0 Å². The fourth-order valence-corrected chi connectivity index (χ4v) is 1.57. The Hall–Kier alpha value is -1.42. The van der Waals surface area contributed by atoms with Gasteiger partial charge < -0.3 is 9.64 Å². The molecule has 4 heteroatoms. The molecule has 1 saturated heterocycles. The number of rotatable bonds is 5. The lowest BCUT2D eigenvalue weighted by Gasteiger charge is -2.44. The number of allylic oxidation sites excluding steroid dienone is 1. The molecule has 4 nitrogen and oxygen atoms in total. The van der Waals surface area contributed by atoms with Crippen LogP contribution in [0.25, 0.3) is 0 Å². The van der Waals surface area contributed by atoms with Crippen LogP contribution in [0.5, 0.6) is 0 Å². The van der Waals surface area contributed by atoms with Crippen molar-refractivity contribution in [2.75, 3.05) is 13.7 Å². The van der Waals surface area contributed by atoms with Gasteiger partial charge in [0, 0.05) is 13.7 Å². The largest absolute Gasteiger partial charge is 0.369 e. The maximum absolute atomic E-state index is 11.5. The first-order valence-electron chi connectivity index (χ1n) is 4.74. The highest BCUT2D eigenvalue weighted by atomic mass is 16.5. The summed E-state index contributed by atoms with van der Waals surface area (Å²) in [6.07, 6.45) is 4.35. The molecule has 1 amide bonds. The molecule has 0 spiro atoms. The van der Waals surface area contributed by atoms with E-state index in [-0.39, 0.29) is 17.7 Å². The van der Waals surface area contributed by atoms with E-state index >= 15 is 0 Å².